The highest BCUT2D eigenvalue weighted by Gasteiger charge is 2.31. The summed E-state index contributed by atoms with van der Waals surface area (Å²) < 4.78 is 0. The van der Waals surface area contributed by atoms with Gasteiger partial charge >= 0.3 is 0 Å². The molecule has 0 heterocycles. The fraction of sp³-hybridized carbons (Fsp3) is 0.333. The highest BCUT2D eigenvalue weighted by molar-refractivity contribution is 5.34. The maximum atomic E-state index is 11.0. The van der Waals surface area contributed by atoms with E-state index in [9.17, 15) is 20.2 Å². The molecule has 106 valence electrons. The van der Waals surface area contributed by atoms with Gasteiger partial charge in [0, 0.05) is 16.7 Å². The lowest BCUT2D eigenvalue weighted by Gasteiger charge is -2.17. The standard InChI is InChI=1S/C12H14N4O4/c13-8-1-3-9(4-2-8)14-11-6-5-10(15(17)18)7-12(11)16(19)20/h1,3-6,8,10,14H,2,7,13H2. The van der Waals surface area contributed by atoms with E-state index in [1.165, 1.54) is 12.2 Å². The van der Waals surface area contributed by atoms with Crippen molar-refractivity contribution in [1.29, 1.82) is 0 Å². The van der Waals surface area contributed by atoms with Crippen LogP contribution in [0.1, 0.15) is 12.8 Å². The predicted octanol–water partition coefficient (Wildman–Crippen LogP) is 0.841. The summed E-state index contributed by atoms with van der Waals surface area (Å²) in [5.41, 5.74) is 6.48. The fourth-order valence-corrected chi connectivity index (χ4v) is 2.00. The van der Waals surface area contributed by atoms with Crippen molar-refractivity contribution in [1.82, 2.24) is 5.32 Å². The molecule has 0 bridgehead atoms. The van der Waals surface area contributed by atoms with E-state index in [4.69, 9.17) is 5.73 Å². The van der Waals surface area contributed by atoms with Crippen LogP contribution in [0.3, 0.4) is 0 Å². The van der Waals surface area contributed by atoms with Gasteiger partial charge in [-0.1, -0.05) is 12.2 Å². The maximum absolute atomic E-state index is 11.0. The molecule has 0 amide bonds. The fourth-order valence-electron chi connectivity index (χ4n) is 2.00. The predicted molar refractivity (Wildman–Crippen MR) is 71.5 cm³/mol. The van der Waals surface area contributed by atoms with Crippen molar-refractivity contribution in [2.45, 2.75) is 24.9 Å². The third-order valence-corrected chi connectivity index (χ3v) is 3.10. The smallest absolute Gasteiger partial charge is 0.276 e. The lowest BCUT2D eigenvalue weighted by Crippen LogP contribution is -2.27. The molecule has 8 heteroatoms. The van der Waals surface area contributed by atoms with E-state index in [1.54, 1.807) is 12.2 Å². The largest absolute Gasteiger partial charge is 0.350 e. The molecule has 0 aromatic carbocycles. The van der Waals surface area contributed by atoms with E-state index in [0.29, 0.717) is 12.1 Å². The Balaban J connectivity index is 2.18. The number of nitro groups is 2. The lowest BCUT2D eigenvalue weighted by molar-refractivity contribution is -0.518. The van der Waals surface area contributed by atoms with Crippen LogP contribution in [0.5, 0.6) is 0 Å². The van der Waals surface area contributed by atoms with Gasteiger partial charge in [0.2, 0.25) is 6.04 Å². The third-order valence-electron chi connectivity index (χ3n) is 3.10. The minimum Gasteiger partial charge on any atom is -0.350 e. The van der Waals surface area contributed by atoms with Crippen molar-refractivity contribution < 1.29 is 9.85 Å². The molecule has 2 aliphatic rings. The van der Waals surface area contributed by atoms with Crippen LogP contribution in [0.15, 0.2) is 47.5 Å². The third kappa shape index (κ3) is 3.09. The highest BCUT2D eigenvalue weighted by Crippen LogP contribution is 2.21. The molecule has 2 unspecified atom stereocenters. The van der Waals surface area contributed by atoms with Gasteiger partial charge in [0.15, 0.2) is 0 Å². The summed E-state index contributed by atoms with van der Waals surface area (Å²) in [5, 5.41) is 24.6. The molecule has 2 rings (SSSR count). The average molecular weight is 278 g/mol. The molecular formula is C12H14N4O4. The van der Waals surface area contributed by atoms with Crippen LogP contribution in [0, 0.1) is 20.2 Å². The van der Waals surface area contributed by atoms with Crippen molar-refractivity contribution >= 4 is 0 Å². The Bertz CT molecular complexity index is 562. The Morgan fingerprint density at radius 1 is 1.25 bits per heavy atom. The molecule has 0 spiro atoms. The molecule has 0 aromatic rings. The van der Waals surface area contributed by atoms with Crippen molar-refractivity contribution in [3.8, 4) is 0 Å². The van der Waals surface area contributed by atoms with Crippen molar-refractivity contribution in [2.75, 3.05) is 0 Å². The average Bonchev–Trinajstić information content (AvgIpc) is 2.41. The Morgan fingerprint density at radius 3 is 2.55 bits per heavy atom. The van der Waals surface area contributed by atoms with Crippen LogP contribution in [0.25, 0.3) is 0 Å². The Kier molecular flexibility index (Phi) is 3.94. The minimum absolute atomic E-state index is 0.0507. The molecule has 0 aliphatic heterocycles. The first kappa shape index (κ1) is 13.9. The summed E-state index contributed by atoms with van der Waals surface area (Å²) in [6.45, 7) is 0. The van der Waals surface area contributed by atoms with Gasteiger partial charge in [0.05, 0.1) is 4.92 Å². The number of nitrogens with zero attached hydrogens (tertiary/aromatic N) is 2. The molecule has 0 saturated heterocycles. The zero-order valence-electron chi connectivity index (χ0n) is 10.6. The molecule has 8 nitrogen and oxygen atoms in total. The molecular weight excluding hydrogens is 264 g/mol. The van der Waals surface area contributed by atoms with E-state index in [0.717, 1.165) is 0 Å². The highest BCUT2D eigenvalue weighted by atomic mass is 16.6. The second-order valence-electron chi connectivity index (χ2n) is 4.58. The van der Waals surface area contributed by atoms with E-state index >= 15 is 0 Å². The normalized spacial score (nSPS) is 25.4. The Hall–Kier alpha value is -2.48. The van der Waals surface area contributed by atoms with Crippen molar-refractivity contribution in [2.24, 2.45) is 5.73 Å². The van der Waals surface area contributed by atoms with Gasteiger partial charge < -0.3 is 11.1 Å². The second kappa shape index (κ2) is 5.66. The number of rotatable bonds is 4. The first-order chi connectivity index (χ1) is 9.47. The molecule has 0 aromatic heterocycles. The lowest BCUT2D eigenvalue weighted by atomic mass is 10.0. The van der Waals surface area contributed by atoms with E-state index in [2.05, 4.69) is 5.32 Å². The van der Waals surface area contributed by atoms with Crippen LogP contribution in [-0.2, 0) is 0 Å². The van der Waals surface area contributed by atoms with Gasteiger partial charge in [0.1, 0.15) is 12.1 Å². The first-order valence-electron chi connectivity index (χ1n) is 6.07. The van der Waals surface area contributed by atoms with Crippen LogP contribution < -0.4 is 11.1 Å². The van der Waals surface area contributed by atoms with Gasteiger partial charge in [-0.2, -0.15) is 0 Å². The number of nitrogens with one attached hydrogen (secondary N) is 1. The van der Waals surface area contributed by atoms with Crippen LogP contribution in [0.2, 0.25) is 0 Å². The number of nitrogens with two attached hydrogens (primary N) is 1. The zero-order valence-corrected chi connectivity index (χ0v) is 10.6. The maximum Gasteiger partial charge on any atom is 0.276 e. The molecule has 20 heavy (non-hydrogen) atoms. The summed E-state index contributed by atoms with van der Waals surface area (Å²) in [5.74, 6) is 0. The summed E-state index contributed by atoms with van der Waals surface area (Å²) in [6, 6.07) is -1.10. The van der Waals surface area contributed by atoms with Crippen LogP contribution >= 0.6 is 0 Å². The van der Waals surface area contributed by atoms with Gasteiger partial charge in [0.25, 0.3) is 5.70 Å². The quantitative estimate of drug-likeness (QED) is 0.580. The molecule has 0 saturated carbocycles. The summed E-state index contributed by atoms with van der Waals surface area (Å²) >= 11 is 0. The van der Waals surface area contributed by atoms with Gasteiger partial charge in [-0.25, -0.2) is 0 Å². The minimum atomic E-state index is -1.05. The van der Waals surface area contributed by atoms with E-state index < -0.39 is 15.9 Å². The zero-order chi connectivity index (χ0) is 14.7. The van der Waals surface area contributed by atoms with Gasteiger partial charge in [-0.3, -0.25) is 20.2 Å². The number of hydrogen-bond donors (Lipinski definition) is 2. The van der Waals surface area contributed by atoms with Crippen LogP contribution in [-0.4, -0.2) is 21.9 Å². The molecule has 0 fully saturated rings. The molecule has 0 radical (unpaired) electrons. The summed E-state index contributed by atoms with van der Waals surface area (Å²) in [4.78, 5) is 20.6. The Labute approximate surface area is 114 Å². The van der Waals surface area contributed by atoms with Gasteiger partial charge in [-0.15, -0.1) is 0 Å². The number of hydrogen-bond acceptors (Lipinski definition) is 6. The first-order valence-corrected chi connectivity index (χ1v) is 6.07. The second-order valence-corrected chi connectivity index (χ2v) is 4.58. The van der Waals surface area contributed by atoms with Gasteiger partial charge in [-0.05, 0) is 24.6 Å². The van der Waals surface area contributed by atoms with E-state index in [-0.39, 0.29) is 23.9 Å². The molecule has 2 aliphatic carbocycles. The van der Waals surface area contributed by atoms with Crippen molar-refractivity contribution in [3.05, 3.63) is 67.7 Å². The molecule has 2 atom stereocenters. The van der Waals surface area contributed by atoms with Crippen LogP contribution in [0.4, 0.5) is 0 Å². The topological polar surface area (TPSA) is 124 Å². The van der Waals surface area contributed by atoms with E-state index in [1.807, 2.05) is 6.08 Å². The monoisotopic (exact) mass is 278 g/mol. The SMILES string of the molecule is NC1C=CC(NC2=C([N+](=O)[O-])CC([N+](=O)[O-])C=C2)=CC1. The summed E-state index contributed by atoms with van der Waals surface area (Å²) in [6.07, 6.45) is 8.53. The molecule has 3 N–H and O–H groups in total. The number of allylic oxidation sites excluding steroid dienone is 2. The Morgan fingerprint density at radius 2 is 2.00 bits per heavy atom. The van der Waals surface area contributed by atoms with Crippen molar-refractivity contribution in [3.63, 3.8) is 0 Å². The summed E-state index contributed by atoms with van der Waals surface area (Å²) in [7, 11) is 0.